The third-order valence-corrected chi connectivity index (χ3v) is 5.06. The van der Waals surface area contributed by atoms with Gasteiger partial charge in [0.05, 0.1) is 0 Å². The summed E-state index contributed by atoms with van der Waals surface area (Å²) < 4.78 is 0. The zero-order chi connectivity index (χ0) is 19.1. The predicted octanol–water partition coefficient (Wildman–Crippen LogP) is 3.73. The molecule has 140 valence electrons. The van der Waals surface area contributed by atoms with Crippen LogP contribution in [0.4, 0.5) is 0 Å². The van der Waals surface area contributed by atoms with Gasteiger partial charge in [0.1, 0.15) is 0 Å². The van der Waals surface area contributed by atoms with Crippen LogP contribution < -0.4 is 5.32 Å². The molecule has 0 aliphatic carbocycles. The first-order valence-electron chi connectivity index (χ1n) is 9.51. The summed E-state index contributed by atoms with van der Waals surface area (Å²) >= 11 is 0. The van der Waals surface area contributed by atoms with E-state index in [1.54, 1.807) is 0 Å². The van der Waals surface area contributed by atoms with Gasteiger partial charge in [0.15, 0.2) is 0 Å². The summed E-state index contributed by atoms with van der Waals surface area (Å²) in [5.41, 5.74) is 2.94. The largest absolute Gasteiger partial charge is 0.348 e. The zero-order valence-electron chi connectivity index (χ0n) is 15.6. The van der Waals surface area contributed by atoms with Crippen LogP contribution in [0.2, 0.25) is 0 Å². The van der Waals surface area contributed by atoms with Gasteiger partial charge in [-0.25, -0.2) is 0 Å². The van der Waals surface area contributed by atoms with Crippen LogP contribution in [0, 0.1) is 0 Å². The molecule has 1 aliphatic rings. The first-order chi connectivity index (χ1) is 13.2. The Kier molecular flexibility index (Phi) is 6.42. The number of amides is 2. The van der Waals surface area contributed by atoms with Gasteiger partial charge < -0.3 is 10.2 Å². The Bertz CT molecular complexity index is 784. The maximum Gasteiger partial charge on any atom is 0.254 e. The molecule has 0 bridgehead atoms. The van der Waals surface area contributed by atoms with E-state index in [1.165, 1.54) is 18.1 Å². The molecule has 2 aromatic carbocycles. The van der Waals surface area contributed by atoms with Crippen LogP contribution in [-0.4, -0.2) is 29.3 Å². The fourth-order valence-corrected chi connectivity index (χ4v) is 3.56. The molecule has 0 aromatic heterocycles. The second-order valence-electron chi connectivity index (χ2n) is 6.96. The number of hydrogen-bond acceptors (Lipinski definition) is 2. The Balaban J connectivity index is 1.67. The maximum absolute atomic E-state index is 13.1. The molecule has 1 heterocycles. The van der Waals surface area contributed by atoms with E-state index in [0.29, 0.717) is 12.1 Å². The third kappa shape index (κ3) is 5.07. The van der Waals surface area contributed by atoms with Gasteiger partial charge in [-0.15, -0.1) is 0 Å². The summed E-state index contributed by atoms with van der Waals surface area (Å²) in [6.07, 6.45) is 5.43. The molecule has 1 unspecified atom stereocenters. The van der Waals surface area contributed by atoms with E-state index in [9.17, 15) is 9.59 Å². The minimum Gasteiger partial charge on any atom is -0.348 e. The van der Waals surface area contributed by atoms with Crippen LogP contribution in [0.1, 0.15) is 40.7 Å². The molecule has 2 amide bonds. The second kappa shape index (κ2) is 9.17. The van der Waals surface area contributed by atoms with Gasteiger partial charge in [0, 0.05) is 24.7 Å². The van der Waals surface area contributed by atoms with Gasteiger partial charge in [-0.3, -0.25) is 9.59 Å². The molecule has 4 nitrogen and oxygen atoms in total. The molecule has 2 aromatic rings. The van der Waals surface area contributed by atoms with Gasteiger partial charge in [-0.1, -0.05) is 49.0 Å². The van der Waals surface area contributed by atoms with Gasteiger partial charge in [0.25, 0.3) is 5.91 Å². The average Bonchev–Trinajstić information content (AvgIpc) is 2.73. The maximum atomic E-state index is 13.1. The van der Waals surface area contributed by atoms with E-state index in [-0.39, 0.29) is 17.9 Å². The first kappa shape index (κ1) is 18.9. The monoisotopic (exact) mass is 362 g/mol. The van der Waals surface area contributed by atoms with Crippen LogP contribution >= 0.6 is 0 Å². The lowest BCUT2D eigenvalue weighted by Gasteiger charge is -2.36. The van der Waals surface area contributed by atoms with Crippen molar-refractivity contribution in [2.45, 2.75) is 38.3 Å². The Hall–Kier alpha value is -2.88. The van der Waals surface area contributed by atoms with Gasteiger partial charge in [0.2, 0.25) is 5.91 Å². The second-order valence-corrected chi connectivity index (χ2v) is 6.96. The lowest BCUT2D eigenvalue weighted by Crippen LogP contribution is -2.44. The summed E-state index contributed by atoms with van der Waals surface area (Å²) in [7, 11) is 0. The number of nitrogens with one attached hydrogen (secondary N) is 1. The topological polar surface area (TPSA) is 49.4 Å². The van der Waals surface area contributed by atoms with Crippen LogP contribution in [0.5, 0.6) is 0 Å². The van der Waals surface area contributed by atoms with E-state index in [4.69, 9.17) is 0 Å². The lowest BCUT2D eigenvalue weighted by atomic mass is 9.94. The molecule has 3 rings (SSSR count). The smallest absolute Gasteiger partial charge is 0.254 e. The van der Waals surface area contributed by atoms with Gasteiger partial charge >= 0.3 is 0 Å². The van der Waals surface area contributed by atoms with E-state index in [0.717, 1.165) is 31.4 Å². The standard InChI is InChI=1S/C23H26N2O2/c1-2-22(26)24-17-19-11-13-20(14-12-19)23(27)25-15-7-6-10-21(25)16-18-8-4-3-5-9-18/h2-5,8-9,11-14,21H,1,6-7,10,15-17H2,(H,24,26). The van der Waals surface area contributed by atoms with Crippen molar-refractivity contribution in [2.24, 2.45) is 0 Å². The molecule has 1 fully saturated rings. The average molecular weight is 362 g/mol. The van der Waals surface area contributed by atoms with Crippen molar-refractivity contribution in [1.82, 2.24) is 10.2 Å². The van der Waals surface area contributed by atoms with Crippen LogP contribution in [0.15, 0.2) is 67.3 Å². The molecule has 1 atom stereocenters. The summed E-state index contributed by atoms with van der Waals surface area (Å²) in [6, 6.07) is 18.1. The minimum absolute atomic E-state index is 0.0947. The van der Waals surface area contributed by atoms with E-state index >= 15 is 0 Å². The van der Waals surface area contributed by atoms with E-state index in [1.807, 2.05) is 47.4 Å². The summed E-state index contributed by atoms with van der Waals surface area (Å²) in [5, 5.41) is 2.74. The number of hydrogen-bond donors (Lipinski definition) is 1. The normalized spacial score (nSPS) is 16.6. The lowest BCUT2D eigenvalue weighted by molar-refractivity contribution is -0.116. The van der Waals surface area contributed by atoms with Crippen LogP contribution in [-0.2, 0) is 17.8 Å². The highest BCUT2D eigenvalue weighted by molar-refractivity contribution is 5.94. The predicted molar refractivity (Wildman–Crippen MR) is 107 cm³/mol. The van der Waals surface area contributed by atoms with Gasteiger partial charge in [-0.05, 0) is 55.0 Å². The van der Waals surface area contributed by atoms with Gasteiger partial charge in [-0.2, -0.15) is 0 Å². The van der Waals surface area contributed by atoms with Crippen molar-refractivity contribution in [3.05, 3.63) is 83.9 Å². The number of carbonyl (C=O) groups is 2. The molecule has 4 heteroatoms. The molecule has 0 spiro atoms. The van der Waals surface area contributed by atoms with Crippen molar-refractivity contribution in [3.8, 4) is 0 Å². The minimum atomic E-state index is -0.202. The number of benzene rings is 2. The van der Waals surface area contributed by atoms with Crippen molar-refractivity contribution in [1.29, 1.82) is 0 Å². The Labute approximate surface area is 160 Å². The van der Waals surface area contributed by atoms with E-state index < -0.39 is 0 Å². The number of nitrogens with zero attached hydrogens (tertiary/aromatic N) is 1. The molecular weight excluding hydrogens is 336 g/mol. The van der Waals surface area contributed by atoms with Crippen molar-refractivity contribution in [3.63, 3.8) is 0 Å². The fourth-order valence-electron chi connectivity index (χ4n) is 3.56. The molecular formula is C23H26N2O2. The van der Waals surface area contributed by atoms with Crippen molar-refractivity contribution < 1.29 is 9.59 Å². The Morgan fingerprint density at radius 2 is 1.78 bits per heavy atom. The number of likely N-dealkylation sites (tertiary alicyclic amines) is 1. The molecule has 0 radical (unpaired) electrons. The van der Waals surface area contributed by atoms with E-state index in [2.05, 4.69) is 24.0 Å². The summed E-state index contributed by atoms with van der Waals surface area (Å²) in [6.45, 7) is 4.68. The van der Waals surface area contributed by atoms with Crippen LogP contribution in [0.3, 0.4) is 0 Å². The quantitative estimate of drug-likeness (QED) is 0.796. The Morgan fingerprint density at radius 1 is 1.04 bits per heavy atom. The molecule has 27 heavy (non-hydrogen) atoms. The van der Waals surface area contributed by atoms with Crippen molar-refractivity contribution in [2.75, 3.05) is 6.54 Å². The number of carbonyl (C=O) groups excluding carboxylic acids is 2. The summed E-state index contributed by atoms with van der Waals surface area (Å²) in [4.78, 5) is 26.4. The molecule has 1 saturated heterocycles. The zero-order valence-corrected chi connectivity index (χ0v) is 15.6. The fraction of sp³-hybridized carbons (Fsp3) is 0.304. The number of piperidine rings is 1. The third-order valence-electron chi connectivity index (χ3n) is 5.06. The summed E-state index contributed by atoms with van der Waals surface area (Å²) in [5.74, 6) is -0.107. The highest BCUT2D eigenvalue weighted by Crippen LogP contribution is 2.23. The first-order valence-corrected chi connectivity index (χ1v) is 9.51. The van der Waals surface area contributed by atoms with Crippen LogP contribution in [0.25, 0.3) is 0 Å². The van der Waals surface area contributed by atoms with Crippen molar-refractivity contribution >= 4 is 11.8 Å². The molecule has 1 N–H and O–H groups in total. The molecule has 1 aliphatic heterocycles. The molecule has 0 saturated carbocycles. The highest BCUT2D eigenvalue weighted by Gasteiger charge is 2.27. The SMILES string of the molecule is C=CC(=O)NCc1ccc(C(=O)N2CCCCC2Cc2ccccc2)cc1. The highest BCUT2D eigenvalue weighted by atomic mass is 16.2. The number of rotatable bonds is 6. The Morgan fingerprint density at radius 3 is 2.48 bits per heavy atom.